The maximum atomic E-state index is 15.0. The Kier molecular flexibility index (Phi) is 9.58. The van der Waals surface area contributed by atoms with Crippen molar-refractivity contribution >= 4 is 29.4 Å². The highest BCUT2D eigenvalue weighted by molar-refractivity contribution is 6.06. The maximum Gasteiger partial charge on any atom is 0.313 e. The van der Waals surface area contributed by atoms with Gasteiger partial charge in [0.1, 0.15) is 23.7 Å². The van der Waals surface area contributed by atoms with Gasteiger partial charge < -0.3 is 29.7 Å². The number of hydrogen-bond acceptors (Lipinski definition) is 7. The Morgan fingerprint density at radius 1 is 1.04 bits per heavy atom. The van der Waals surface area contributed by atoms with Gasteiger partial charge in [0.2, 0.25) is 11.8 Å². The third-order valence-corrected chi connectivity index (χ3v) is 10.5. The van der Waals surface area contributed by atoms with Crippen LogP contribution in [-0.2, 0) is 28.7 Å². The van der Waals surface area contributed by atoms with Crippen molar-refractivity contribution in [2.24, 2.45) is 17.8 Å². The van der Waals surface area contributed by atoms with Crippen molar-refractivity contribution in [3.05, 3.63) is 89.5 Å². The molecule has 2 saturated heterocycles. The Hall–Kier alpha value is -4.28. The van der Waals surface area contributed by atoms with Crippen LogP contribution in [0.1, 0.15) is 55.9 Å². The average Bonchev–Trinajstić information content (AvgIpc) is 3.47. The zero-order chi connectivity index (χ0) is 34.2. The number of allylic oxidation sites excluding steroid dienone is 1. The van der Waals surface area contributed by atoms with Crippen LogP contribution in [0.5, 0.6) is 0 Å². The fraction of sp³-hybridized carbons (Fsp3) is 0.474. The van der Waals surface area contributed by atoms with E-state index in [1.807, 2.05) is 82.3 Å². The predicted molar refractivity (Wildman–Crippen MR) is 180 cm³/mol. The van der Waals surface area contributed by atoms with Crippen molar-refractivity contribution in [2.45, 2.75) is 76.9 Å². The van der Waals surface area contributed by atoms with Gasteiger partial charge in [0, 0.05) is 18.7 Å². The lowest BCUT2D eigenvalue weighted by Crippen LogP contribution is -2.59. The number of esters is 1. The highest BCUT2D eigenvalue weighted by atomic mass is 16.6. The molecule has 2 fully saturated rings. The molecular formula is C38H45N3O7. The molecule has 4 heterocycles. The molecule has 3 amide bonds. The number of nitrogens with zero attached hydrogens (tertiary/aromatic N) is 2. The second kappa shape index (κ2) is 13.7. The van der Waals surface area contributed by atoms with E-state index >= 15 is 0 Å². The quantitative estimate of drug-likeness (QED) is 0.357. The summed E-state index contributed by atoms with van der Waals surface area (Å²) in [5.74, 6) is -3.89. The average molecular weight is 656 g/mol. The number of rotatable bonds is 6. The summed E-state index contributed by atoms with van der Waals surface area (Å²) in [5.41, 5.74) is 1.82. The molecule has 0 unspecified atom stereocenters. The molecule has 0 bridgehead atoms. The zero-order valence-electron chi connectivity index (χ0n) is 28.0. The summed E-state index contributed by atoms with van der Waals surface area (Å²) >= 11 is 0. The SMILES string of the molecule is CC[C@H](C)[C@H](CO)N1C(=O)[C@H]2[C@@H]3C(=O)O[C@@H](c4ccccc4)CNC(=O)CC/C=C\[C@@H]3O[C@]23C=CCN(c2cc(C)ccc2C)C(=O)[C@H]13. The molecule has 0 aliphatic carbocycles. The van der Waals surface area contributed by atoms with Gasteiger partial charge >= 0.3 is 5.97 Å². The Balaban J connectivity index is 1.48. The maximum absolute atomic E-state index is 15.0. The van der Waals surface area contributed by atoms with E-state index in [9.17, 15) is 24.3 Å². The van der Waals surface area contributed by atoms with Gasteiger partial charge in [-0.15, -0.1) is 0 Å². The highest BCUT2D eigenvalue weighted by Gasteiger charge is 2.72. The fourth-order valence-electron chi connectivity index (χ4n) is 7.74. The number of cyclic esters (lactones) is 1. The number of carbonyl (C=O) groups excluding carboxylic acids is 4. The molecule has 2 aromatic rings. The molecule has 10 heteroatoms. The molecule has 1 spiro atoms. The number of ether oxygens (including phenoxy) is 2. The molecule has 2 N–H and O–H groups in total. The molecule has 0 radical (unpaired) electrons. The zero-order valence-corrected chi connectivity index (χ0v) is 28.0. The minimum atomic E-state index is -1.50. The minimum Gasteiger partial charge on any atom is -0.455 e. The first-order valence-electron chi connectivity index (χ1n) is 17.0. The second-order valence-corrected chi connectivity index (χ2v) is 13.5. The summed E-state index contributed by atoms with van der Waals surface area (Å²) < 4.78 is 13.0. The summed E-state index contributed by atoms with van der Waals surface area (Å²) in [6.07, 6.45) is 6.74. The summed E-state index contributed by atoms with van der Waals surface area (Å²) in [6.45, 7) is 7.79. The van der Waals surface area contributed by atoms with Crippen LogP contribution in [0.3, 0.4) is 0 Å². The van der Waals surface area contributed by atoms with Crippen molar-refractivity contribution in [3.63, 3.8) is 0 Å². The van der Waals surface area contributed by atoms with Crippen LogP contribution in [0.4, 0.5) is 5.69 Å². The summed E-state index contributed by atoms with van der Waals surface area (Å²) in [6, 6.07) is 13.2. The summed E-state index contributed by atoms with van der Waals surface area (Å²) in [5, 5.41) is 13.6. The first-order valence-corrected chi connectivity index (χ1v) is 17.0. The highest BCUT2D eigenvalue weighted by Crippen LogP contribution is 2.54. The van der Waals surface area contributed by atoms with Gasteiger partial charge in [-0.05, 0) is 48.9 Å². The smallest absolute Gasteiger partial charge is 0.313 e. The van der Waals surface area contributed by atoms with Crippen molar-refractivity contribution in [1.82, 2.24) is 10.2 Å². The van der Waals surface area contributed by atoms with Crippen LogP contribution in [0, 0.1) is 31.6 Å². The van der Waals surface area contributed by atoms with Crippen LogP contribution < -0.4 is 10.2 Å². The van der Waals surface area contributed by atoms with Gasteiger partial charge in [-0.1, -0.05) is 87.0 Å². The van der Waals surface area contributed by atoms with Crippen LogP contribution in [0.15, 0.2) is 72.8 Å². The largest absolute Gasteiger partial charge is 0.455 e. The van der Waals surface area contributed by atoms with Crippen molar-refractivity contribution in [1.29, 1.82) is 0 Å². The number of anilines is 1. The number of hydrogen-bond donors (Lipinski definition) is 2. The van der Waals surface area contributed by atoms with Gasteiger partial charge in [-0.3, -0.25) is 19.2 Å². The number of likely N-dealkylation sites (tertiary alicyclic amines) is 1. The molecule has 4 aliphatic heterocycles. The van der Waals surface area contributed by atoms with Crippen molar-refractivity contribution < 1.29 is 33.8 Å². The van der Waals surface area contributed by atoms with E-state index in [2.05, 4.69) is 5.32 Å². The Bertz CT molecular complexity index is 1620. The number of nitrogens with one attached hydrogen (secondary N) is 1. The van der Waals surface area contributed by atoms with Gasteiger partial charge in [-0.25, -0.2) is 0 Å². The van der Waals surface area contributed by atoms with Gasteiger partial charge in [0.25, 0.3) is 5.91 Å². The molecule has 8 atom stereocenters. The number of fused-ring (bicyclic) bond motifs is 2. The normalized spacial score (nSPS) is 31.0. The number of aliphatic hydroxyl groups is 1. The molecule has 48 heavy (non-hydrogen) atoms. The van der Waals surface area contributed by atoms with E-state index < -0.39 is 53.6 Å². The fourth-order valence-corrected chi connectivity index (χ4v) is 7.74. The molecule has 6 rings (SSSR count). The lowest BCUT2D eigenvalue weighted by atomic mass is 9.77. The van der Waals surface area contributed by atoms with Crippen LogP contribution in [-0.4, -0.2) is 77.2 Å². The van der Waals surface area contributed by atoms with Crippen LogP contribution in [0.25, 0.3) is 0 Å². The lowest BCUT2D eigenvalue weighted by molar-refractivity contribution is -0.160. The second-order valence-electron chi connectivity index (χ2n) is 13.5. The van der Waals surface area contributed by atoms with Crippen LogP contribution >= 0.6 is 0 Å². The minimum absolute atomic E-state index is 0.0683. The van der Waals surface area contributed by atoms with E-state index in [4.69, 9.17) is 9.47 Å². The standard InChI is InChI=1S/C38H45N3O7/c1-5-24(3)28(22-42)41-34-36(45)40(27-20-23(2)16-17-25(27)4)19-11-18-38(34)33(35(41)44)32-29(48-38)14-9-10-15-31(43)39-21-30(47-37(32)46)26-12-7-6-8-13-26/h6-9,11-14,16-18,20,24,28-30,32-34,42H,5,10,15,19,21-22H2,1-4H3,(H,39,43)/b14-9-/t24-,28-,29-,30+,32+,33+,34-,38+/m0/s1. The molecule has 254 valence electrons. The Morgan fingerprint density at radius 3 is 2.54 bits per heavy atom. The monoisotopic (exact) mass is 655 g/mol. The molecule has 0 aromatic heterocycles. The van der Waals surface area contributed by atoms with Crippen molar-refractivity contribution in [3.8, 4) is 0 Å². The number of aliphatic hydroxyl groups excluding tert-OH is 1. The Morgan fingerprint density at radius 2 is 1.81 bits per heavy atom. The van der Waals surface area contributed by atoms with Gasteiger partial charge in [0.05, 0.1) is 31.2 Å². The first kappa shape index (κ1) is 33.6. The van der Waals surface area contributed by atoms with Gasteiger partial charge in [0.15, 0.2) is 0 Å². The molecule has 0 saturated carbocycles. The number of carbonyl (C=O) groups is 4. The first-order chi connectivity index (χ1) is 23.1. The lowest BCUT2D eigenvalue weighted by Gasteiger charge is -2.40. The predicted octanol–water partition coefficient (Wildman–Crippen LogP) is 3.94. The van der Waals surface area contributed by atoms with Crippen LogP contribution in [0.2, 0.25) is 0 Å². The number of benzene rings is 2. The van der Waals surface area contributed by atoms with Gasteiger partial charge in [-0.2, -0.15) is 0 Å². The molecule has 10 nitrogen and oxygen atoms in total. The van der Waals surface area contributed by atoms with Crippen molar-refractivity contribution in [2.75, 3.05) is 24.6 Å². The topological polar surface area (TPSA) is 125 Å². The third-order valence-electron chi connectivity index (χ3n) is 10.5. The Labute approximate surface area is 281 Å². The van der Waals surface area contributed by atoms with E-state index in [1.54, 1.807) is 23.1 Å². The summed E-state index contributed by atoms with van der Waals surface area (Å²) in [7, 11) is 0. The molecule has 2 aromatic carbocycles. The van der Waals surface area contributed by atoms with E-state index in [-0.39, 0.29) is 43.8 Å². The number of amides is 3. The number of aryl methyl sites for hydroxylation is 2. The third kappa shape index (κ3) is 5.85. The van der Waals surface area contributed by atoms with E-state index in [0.29, 0.717) is 18.4 Å². The summed E-state index contributed by atoms with van der Waals surface area (Å²) in [4.78, 5) is 60.1. The molecule has 4 aliphatic rings. The van der Waals surface area contributed by atoms with E-state index in [1.165, 1.54) is 4.90 Å². The molecular weight excluding hydrogens is 610 g/mol. The van der Waals surface area contributed by atoms with E-state index in [0.717, 1.165) is 16.8 Å².